The van der Waals surface area contributed by atoms with Crippen molar-refractivity contribution in [1.82, 2.24) is 0 Å². The molecule has 2 rings (SSSR count). The van der Waals surface area contributed by atoms with Crippen molar-refractivity contribution in [3.8, 4) is 0 Å². The molecule has 0 saturated heterocycles. The molecule has 5 nitrogen and oxygen atoms in total. The molecule has 0 saturated carbocycles. The number of esters is 1. The lowest BCUT2D eigenvalue weighted by atomic mass is 10.1. The highest BCUT2D eigenvalue weighted by atomic mass is 16.5. The molecular weight excluding hydrogens is 340 g/mol. The number of nitrogen functional groups attached to an aromatic ring is 1. The van der Waals surface area contributed by atoms with Gasteiger partial charge in [-0.25, -0.2) is 0 Å². The van der Waals surface area contributed by atoms with Crippen LogP contribution in [0, 0.1) is 0 Å². The summed E-state index contributed by atoms with van der Waals surface area (Å²) in [5, 5.41) is 0. The van der Waals surface area contributed by atoms with Gasteiger partial charge in [0, 0.05) is 24.7 Å². The Balaban J connectivity index is 2.01. The number of methoxy groups -OCH3 is 1. The van der Waals surface area contributed by atoms with Crippen LogP contribution in [-0.4, -0.2) is 26.0 Å². The third kappa shape index (κ3) is 5.99. The maximum atomic E-state index is 12.7. The first kappa shape index (κ1) is 20.2. The van der Waals surface area contributed by atoms with Crippen molar-refractivity contribution in [3.63, 3.8) is 0 Å². The molecule has 0 spiro atoms. The molecule has 0 aliphatic rings. The largest absolute Gasteiger partial charge is 0.469 e. The molecule has 0 aliphatic carbocycles. The van der Waals surface area contributed by atoms with Crippen molar-refractivity contribution >= 4 is 29.3 Å². The predicted octanol–water partition coefficient (Wildman–Crippen LogP) is 4.29. The Kier molecular flexibility index (Phi) is 7.62. The fraction of sp³-hybridized carbons (Fsp3) is 0.273. The summed E-state index contributed by atoms with van der Waals surface area (Å²) in [4.78, 5) is 25.5. The van der Waals surface area contributed by atoms with E-state index in [4.69, 9.17) is 5.73 Å². The number of hydrogen-bond donors (Lipinski definition) is 1. The van der Waals surface area contributed by atoms with Gasteiger partial charge in [0.15, 0.2) is 0 Å². The summed E-state index contributed by atoms with van der Waals surface area (Å²) in [6.45, 7) is 0. The number of allylic oxidation sites excluding steroid dienone is 1. The van der Waals surface area contributed by atoms with Gasteiger partial charge in [0.1, 0.15) is 0 Å². The van der Waals surface area contributed by atoms with Crippen LogP contribution in [0.3, 0.4) is 0 Å². The molecule has 0 aromatic heterocycles. The number of nitrogens with zero attached hydrogens (tertiary/aromatic N) is 1. The average Bonchev–Trinajstić information content (AvgIpc) is 2.70. The van der Waals surface area contributed by atoms with Gasteiger partial charge in [-0.1, -0.05) is 30.4 Å². The monoisotopic (exact) mass is 366 g/mol. The van der Waals surface area contributed by atoms with Gasteiger partial charge in [-0.15, -0.1) is 0 Å². The number of nitrogens with two attached hydrogens (primary N) is 1. The lowest BCUT2D eigenvalue weighted by Crippen LogP contribution is -2.26. The Bertz CT molecular complexity index is 797. The fourth-order valence-corrected chi connectivity index (χ4v) is 2.71. The van der Waals surface area contributed by atoms with Gasteiger partial charge in [0.25, 0.3) is 5.91 Å². The van der Waals surface area contributed by atoms with E-state index in [1.54, 1.807) is 36.2 Å². The third-order valence-corrected chi connectivity index (χ3v) is 4.29. The van der Waals surface area contributed by atoms with Crippen LogP contribution in [-0.2, 0) is 9.53 Å². The van der Waals surface area contributed by atoms with Crippen molar-refractivity contribution in [2.45, 2.75) is 25.7 Å². The highest BCUT2D eigenvalue weighted by Gasteiger charge is 2.15. The van der Waals surface area contributed by atoms with Crippen LogP contribution in [0.15, 0.2) is 54.6 Å². The zero-order valence-corrected chi connectivity index (χ0v) is 15.9. The quantitative estimate of drug-likeness (QED) is 0.430. The van der Waals surface area contributed by atoms with Gasteiger partial charge in [-0.2, -0.15) is 0 Å². The molecule has 2 N–H and O–H groups in total. The maximum Gasteiger partial charge on any atom is 0.305 e. The Morgan fingerprint density at radius 1 is 1.07 bits per heavy atom. The molecule has 0 heterocycles. The first-order chi connectivity index (χ1) is 13.0. The number of rotatable bonds is 8. The summed E-state index contributed by atoms with van der Waals surface area (Å²) in [5.74, 6) is -0.263. The second-order valence-electron chi connectivity index (χ2n) is 6.27. The van der Waals surface area contributed by atoms with E-state index in [1.165, 1.54) is 7.11 Å². The molecule has 0 aliphatic heterocycles. The number of para-hydroxylation sites is 1. The molecule has 0 fully saturated rings. The first-order valence-corrected chi connectivity index (χ1v) is 8.99. The number of carbonyl (C=O) groups is 2. The predicted molar refractivity (Wildman–Crippen MR) is 110 cm³/mol. The molecular formula is C22H26N2O3. The number of amides is 1. The van der Waals surface area contributed by atoms with E-state index in [0.717, 1.165) is 30.5 Å². The topological polar surface area (TPSA) is 72.6 Å². The van der Waals surface area contributed by atoms with Gasteiger partial charge in [0.05, 0.1) is 12.8 Å². The average molecular weight is 366 g/mol. The molecule has 0 unspecified atom stereocenters. The van der Waals surface area contributed by atoms with E-state index in [2.05, 4.69) is 10.8 Å². The van der Waals surface area contributed by atoms with Gasteiger partial charge < -0.3 is 15.4 Å². The number of hydrogen-bond acceptors (Lipinski definition) is 4. The summed E-state index contributed by atoms with van der Waals surface area (Å²) in [5.41, 5.74) is 8.72. The summed E-state index contributed by atoms with van der Waals surface area (Å²) in [7, 11) is 3.17. The van der Waals surface area contributed by atoms with Gasteiger partial charge in [-0.05, 0) is 55.2 Å². The summed E-state index contributed by atoms with van der Waals surface area (Å²) < 4.78 is 4.63. The number of carbonyl (C=O) groups excluding carboxylic acids is 2. The SMILES string of the molecule is COC(=O)CCCC/C=C\c1ccccc1N(C)C(=O)c1ccc(N)cc1. The normalized spacial score (nSPS) is 10.7. The van der Waals surface area contributed by atoms with Crippen molar-refractivity contribution in [3.05, 3.63) is 65.7 Å². The summed E-state index contributed by atoms with van der Waals surface area (Å²) in [6.07, 6.45) is 7.10. The highest BCUT2D eigenvalue weighted by molar-refractivity contribution is 6.06. The smallest absolute Gasteiger partial charge is 0.305 e. The molecule has 0 bridgehead atoms. The highest BCUT2D eigenvalue weighted by Crippen LogP contribution is 2.23. The van der Waals surface area contributed by atoms with Crippen LogP contribution in [0.5, 0.6) is 0 Å². The first-order valence-electron chi connectivity index (χ1n) is 8.99. The fourth-order valence-electron chi connectivity index (χ4n) is 2.71. The number of benzene rings is 2. The minimum atomic E-state index is -0.174. The van der Waals surface area contributed by atoms with Crippen molar-refractivity contribution in [2.24, 2.45) is 0 Å². The Morgan fingerprint density at radius 2 is 1.78 bits per heavy atom. The summed E-state index contributed by atoms with van der Waals surface area (Å²) in [6, 6.07) is 14.7. The maximum absolute atomic E-state index is 12.7. The molecule has 2 aromatic rings. The zero-order valence-electron chi connectivity index (χ0n) is 15.9. The molecule has 142 valence electrons. The minimum absolute atomic E-state index is 0.0890. The van der Waals surface area contributed by atoms with E-state index < -0.39 is 0 Å². The van der Waals surface area contributed by atoms with Crippen LogP contribution >= 0.6 is 0 Å². The molecule has 5 heteroatoms. The Hall–Kier alpha value is -3.08. The van der Waals surface area contributed by atoms with Crippen molar-refractivity contribution in [2.75, 3.05) is 24.8 Å². The zero-order chi connectivity index (χ0) is 19.6. The van der Waals surface area contributed by atoms with Crippen molar-refractivity contribution in [1.29, 1.82) is 0 Å². The second kappa shape index (κ2) is 10.2. The number of ether oxygens (including phenoxy) is 1. The van der Waals surface area contributed by atoms with Gasteiger partial charge >= 0.3 is 5.97 Å². The van der Waals surface area contributed by atoms with Crippen molar-refractivity contribution < 1.29 is 14.3 Å². The lowest BCUT2D eigenvalue weighted by molar-refractivity contribution is -0.140. The summed E-state index contributed by atoms with van der Waals surface area (Å²) >= 11 is 0. The van der Waals surface area contributed by atoms with Gasteiger partial charge in [-0.3, -0.25) is 9.59 Å². The minimum Gasteiger partial charge on any atom is -0.469 e. The second-order valence-corrected chi connectivity index (χ2v) is 6.27. The van der Waals surface area contributed by atoms with Crippen LogP contribution in [0.1, 0.15) is 41.6 Å². The number of anilines is 2. The van der Waals surface area contributed by atoms with Crippen LogP contribution in [0.2, 0.25) is 0 Å². The molecule has 0 atom stereocenters. The molecule has 27 heavy (non-hydrogen) atoms. The lowest BCUT2D eigenvalue weighted by Gasteiger charge is -2.20. The van der Waals surface area contributed by atoms with Crippen LogP contribution < -0.4 is 10.6 Å². The molecule has 1 amide bonds. The van der Waals surface area contributed by atoms with Gasteiger partial charge in [0.2, 0.25) is 0 Å². The standard InChI is InChI=1S/C22H26N2O3/c1-24(22(26)18-13-15-19(23)16-14-18)20-11-8-7-10-17(20)9-5-3-4-6-12-21(25)27-2/h5,7-11,13-16H,3-4,6,12,23H2,1-2H3/b9-5-. The van der Waals surface area contributed by atoms with E-state index in [-0.39, 0.29) is 11.9 Å². The Labute approximate surface area is 160 Å². The third-order valence-electron chi connectivity index (χ3n) is 4.29. The van der Waals surface area contributed by atoms with E-state index in [9.17, 15) is 9.59 Å². The Morgan fingerprint density at radius 3 is 2.48 bits per heavy atom. The molecule has 2 aromatic carbocycles. The van der Waals surface area contributed by atoms with Crippen LogP contribution in [0.4, 0.5) is 11.4 Å². The van der Waals surface area contributed by atoms with E-state index in [1.807, 2.05) is 30.3 Å². The van der Waals surface area contributed by atoms with Crippen LogP contribution in [0.25, 0.3) is 6.08 Å². The number of unbranched alkanes of at least 4 members (excludes halogenated alkanes) is 2. The molecule has 0 radical (unpaired) electrons. The van der Waals surface area contributed by atoms with E-state index >= 15 is 0 Å². The van der Waals surface area contributed by atoms with E-state index in [0.29, 0.717) is 17.7 Å².